The monoisotopic (exact) mass is 410 g/mol. The summed E-state index contributed by atoms with van der Waals surface area (Å²) in [4.78, 5) is 17.2. The highest BCUT2D eigenvalue weighted by Gasteiger charge is 2.19. The van der Waals surface area contributed by atoms with Gasteiger partial charge in [-0.05, 0) is 24.6 Å². The smallest absolute Gasteiger partial charge is 0.348 e. The number of halogens is 1. The van der Waals surface area contributed by atoms with Crippen LogP contribution in [0.5, 0.6) is 0 Å². The molecular weight excluding hydrogens is 392 g/mol. The topological polar surface area (TPSA) is 48.0 Å². The molecule has 26 heavy (non-hydrogen) atoms. The first-order chi connectivity index (χ1) is 12.7. The van der Waals surface area contributed by atoms with Gasteiger partial charge in [0.1, 0.15) is 16.8 Å². The van der Waals surface area contributed by atoms with Gasteiger partial charge in [-0.25, -0.2) is 4.79 Å². The van der Waals surface area contributed by atoms with Crippen molar-refractivity contribution in [2.45, 2.75) is 32.7 Å². The summed E-state index contributed by atoms with van der Waals surface area (Å²) in [6.07, 6.45) is 3.12. The summed E-state index contributed by atoms with van der Waals surface area (Å²) in [7, 11) is 0. The molecule has 0 atom stereocenters. The van der Waals surface area contributed by atoms with Crippen LogP contribution >= 0.6 is 15.9 Å². The molecule has 0 aliphatic rings. The van der Waals surface area contributed by atoms with Gasteiger partial charge in [0.15, 0.2) is 5.58 Å². The van der Waals surface area contributed by atoms with Gasteiger partial charge in [0.25, 0.3) is 0 Å². The van der Waals surface area contributed by atoms with Gasteiger partial charge in [-0.3, -0.25) is 4.57 Å². The number of aryl methyl sites for hydroxylation is 1. The molecule has 4 nitrogen and oxygen atoms in total. The zero-order valence-corrected chi connectivity index (χ0v) is 16.1. The third-order valence-electron chi connectivity index (χ3n) is 4.58. The number of benzene rings is 2. The fourth-order valence-electron chi connectivity index (χ4n) is 3.31. The Morgan fingerprint density at radius 1 is 1.12 bits per heavy atom. The second kappa shape index (κ2) is 7.08. The summed E-state index contributed by atoms with van der Waals surface area (Å²) >= 11 is 3.53. The van der Waals surface area contributed by atoms with Crippen LogP contribution in [0.25, 0.3) is 33.3 Å². The van der Waals surface area contributed by atoms with Crippen LogP contribution in [0.1, 0.15) is 26.2 Å². The second-order valence-electron chi connectivity index (χ2n) is 6.39. The Morgan fingerprint density at radius 3 is 2.69 bits per heavy atom. The molecule has 0 bridgehead atoms. The predicted molar refractivity (Wildman–Crippen MR) is 108 cm³/mol. The van der Waals surface area contributed by atoms with Gasteiger partial charge < -0.3 is 4.42 Å². The molecule has 5 heteroatoms. The van der Waals surface area contributed by atoms with Crippen molar-refractivity contribution in [2.24, 2.45) is 0 Å². The molecule has 0 aliphatic heterocycles. The molecule has 4 rings (SSSR count). The van der Waals surface area contributed by atoms with Gasteiger partial charge in [0.05, 0.1) is 0 Å². The molecule has 0 saturated heterocycles. The molecule has 0 radical (unpaired) electrons. The SMILES string of the molecule is CCCCCn1c(=O)nc(-c2ccccc2)c2oc3ccc(Br)cc3c21. The molecule has 2 aromatic heterocycles. The lowest BCUT2D eigenvalue weighted by Crippen LogP contribution is -2.23. The number of hydrogen-bond donors (Lipinski definition) is 0. The largest absolute Gasteiger partial charge is 0.452 e. The fraction of sp³-hybridized carbons (Fsp3) is 0.238. The van der Waals surface area contributed by atoms with E-state index in [0.717, 1.165) is 45.8 Å². The van der Waals surface area contributed by atoms with E-state index in [2.05, 4.69) is 27.8 Å². The summed E-state index contributed by atoms with van der Waals surface area (Å²) in [5, 5.41) is 0.933. The predicted octanol–water partition coefficient (Wildman–Crippen LogP) is 5.76. The quantitative estimate of drug-likeness (QED) is 0.392. The van der Waals surface area contributed by atoms with Crippen LogP contribution in [0, 0.1) is 0 Å². The van der Waals surface area contributed by atoms with Crippen molar-refractivity contribution in [2.75, 3.05) is 0 Å². The van der Waals surface area contributed by atoms with Gasteiger partial charge in [0.2, 0.25) is 0 Å². The van der Waals surface area contributed by atoms with E-state index in [4.69, 9.17) is 4.42 Å². The van der Waals surface area contributed by atoms with Gasteiger partial charge >= 0.3 is 5.69 Å². The fourth-order valence-corrected chi connectivity index (χ4v) is 3.67. The zero-order valence-electron chi connectivity index (χ0n) is 14.5. The Bertz CT molecular complexity index is 1130. The van der Waals surface area contributed by atoms with Crippen molar-refractivity contribution in [3.05, 3.63) is 63.5 Å². The first kappa shape index (κ1) is 17.0. The van der Waals surface area contributed by atoms with Crippen LogP contribution < -0.4 is 5.69 Å². The summed E-state index contributed by atoms with van der Waals surface area (Å²) in [5.74, 6) is 0. The highest BCUT2D eigenvalue weighted by Crippen LogP contribution is 2.34. The van der Waals surface area contributed by atoms with Gasteiger partial charge in [-0.15, -0.1) is 0 Å². The highest BCUT2D eigenvalue weighted by molar-refractivity contribution is 9.10. The van der Waals surface area contributed by atoms with E-state index in [-0.39, 0.29) is 5.69 Å². The maximum Gasteiger partial charge on any atom is 0.348 e. The molecule has 2 aromatic carbocycles. The molecule has 2 heterocycles. The summed E-state index contributed by atoms with van der Waals surface area (Å²) in [5.41, 5.74) is 3.52. The van der Waals surface area contributed by atoms with Crippen molar-refractivity contribution in [1.82, 2.24) is 9.55 Å². The van der Waals surface area contributed by atoms with Crippen molar-refractivity contribution in [3.8, 4) is 11.3 Å². The van der Waals surface area contributed by atoms with Crippen molar-refractivity contribution in [1.29, 1.82) is 0 Å². The average Bonchev–Trinajstić information content (AvgIpc) is 3.02. The van der Waals surface area contributed by atoms with E-state index in [9.17, 15) is 4.79 Å². The summed E-state index contributed by atoms with van der Waals surface area (Å²) < 4.78 is 8.87. The zero-order chi connectivity index (χ0) is 18.1. The van der Waals surface area contributed by atoms with Crippen LogP contribution in [0.3, 0.4) is 0 Å². The van der Waals surface area contributed by atoms with Gasteiger partial charge in [-0.2, -0.15) is 4.98 Å². The first-order valence-electron chi connectivity index (χ1n) is 8.87. The lowest BCUT2D eigenvalue weighted by atomic mass is 10.1. The minimum atomic E-state index is -0.227. The molecule has 0 N–H and O–H groups in total. The van der Waals surface area contributed by atoms with E-state index >= 15 is 0 Å². The lowest BCUT2D eigenvalue weighted by Gasteiger charge is -2.09. The molecular formula is C21H19BrN2O2. The molecule has 0 fully saturated rings. The Labute approximate surface area is 159 Å². The molecule has 4 aromatic rings. The number of rotatable bonds is 5. The maximum atomic E-state index is 12.8. The third-order valence-corrected chi connectivity index (χ3v) is 5.07. The maximum absolute atomic E-state index is 12.8. The average molecular weight is 411 g/mol. The number of hydrogen-bond acceptors (Lipinski definition) is 3. The Balaban J connectivity index is 2.05. The number of unbranched alkanes of at least 4 members (excludes halogenated alkanes) is 2. The van der Waals surface area contributed by atoms with Crippen molar-refractivity contribution >= 4 is 38.0 Å². The Hall–Kier alpha value is -2.40. The molecule has 0 aliphatic carbocycles. The minimum Gasteiger partial charge on any atom is -0.452 e. The molecule has 0 spiro atoms. The highest BCUT2D eigenvalue weighted by atomic mass is 79.9. The number of fused-ring (bicyclic) bond motifs is 3. The number of aromatic nitrogens is 2. The van der Waals surface area contributed by atoms with Crippen LogP contribution in [-0.2, 0) is 6.54 Å². The standard InChI is InChI=1S/C21H19BrN2O2/c1-2-3-7-12-24-19-16-13-15(22)10-11-17(16)26-20(19)18(23-21(24)25)14-8-5-4-6-9-14/h4-6,8-11,13H,2-3,7,12H2,1H3. The Morgan fingerprint density at radius 2 is 1.92 bits per heavy atom. The second-order valence-corrected chi connectivity index (χ2v) is 7.30. The summed E-state index contributed by atoms with van der Waals surface area (Å²) in [6.45, 7) is 2.80. The van der Waals surface area contributed by atoms with E-state index < -0.39 is 0 Å². The first-order valence-corrected chi connectivity index (χ1v) is 9.66. The normalized spacial score (nSPS) is 11.5. The van der Waals surface area contributed by atoms with E-state index in [1.807, 2.05) is 48.5 Å². The van der Waals surface area contributed by atoms with E-state index in [0.29, 0.717) is 17.8 Å². The lowest BCUT2D eigenvalue weighted by molar-refractivity contribution is 0.589. The molecule has 0 amide bonds. The molecule has 0 unspecified atom stereocenters. The van der Waals surface area contributed by atoms with E-state index in [1.54, 1.807) is 4.57 Å². The molecule has 0 saturated carbocycles. The van der Waals surface area contributed by atoms with Crippen molar-refractivity contribution in [3.63, 3.8) is 0 Å². The third kappa shape index (κ3) is 2.97. The van der Waals surface area contributed by atoms with E-state index in [1.165, 1.54) is 0 Å². The van der Waals surface area contributed by atoms with Crippen LogP contribution in [0.2, 0.25) is 0 Å². The van der Waals surface area contributed by atoms with Gasteiger partial charge in [0, 0.05) is 22.0 Å². The van der Waals surface area contributed by atoms with Crippen molar-refractivity contribution < 1.29 is 4.42 Å². The number of furan rings is 1. The summed E-state index contributed by atoms with van der Waals surface area (Å²) in [6, 6.07) is 15.6. The van der Waals surface area contributed by atoms with Crippen LogP contribution in [-0.4, -0.2) is 9.55 Å². The number of nitrogens with zero attached hydrogens (tertiary/aromatic N) is 2. The van der Waals surface area contributed by atoms with Crippen LogP contribution in [0.15, 0.2) is 62.2 Å². The minimum absolute atomic E-state index is 0.227. The van der Waals surface area contributed by atoms with Gasteiger partial charge in [-0.1, -0.05) is 66.0 Å². The van der Waals surface area contributed by atoms with Crippen LogP contribution in [0.4, 0.5) is 0 Å². The Kier molecular flexibility index (Phi) is 4.64. The molecule has 132 valence electrons.